The van der Waals surface area contributed by atoms with Gasteiger partial charge in [-0.15, -0.1) is 0 Å². The van der Waals surface area contributed by atoms with Gasteiger partial charge in [-0.25, -0.2) is 0 Å². The molecule has 2 saturated carbocycles. The van der Waals surface area contributed by atoms with E-state index in [4.69, 9.17) is 4.74 Å². The van der Waals surface area contributed by atoms with Gasteiger partial charge in [0.25, 0.3) is 0 Å². The molecule has 3 nitrogen and oxygen atoms in total. The van der Waals surface area contributed by atoms with Gasteiger partial charge < -0.3 is 4.74 Å². The Hall–Kier alpha value is -3.29. The van der Waals surface area contributed by atoms with Crippen LogP contribution in [0.15, 0.2) is 71.3 Å². The van der Waals surface area contributed by atoms with Crippen molar-refractivity contribution in [3.63, 3.8) is 0 Å². The summed E-state index contributed by atoms with van der Waals surface area (Å²) in [6.45, 7) is 10.4. The first kappa shape index (κ1) is 33.6. The number of benzene rings is 2. The van der Waals surface area contributed by atoms with Gasteiger partial charge in [0.1, 0.15) is 12.6 Å². The second-order valence-corrected chi connectivity index (χ2v) is 13.9. The molecule has 5 rings (SSSR count). The lowest BCUT2D eigenvalue weighted by atomic mass is 9.52. The Bertz CT molecular complexity index is 1430. The highest BCUT2D eigenvalue weighted by Gasteiger charge is 2.56. The molecule has 4 heteroatoms. The number of aldehydes is 2. The zero-order valence-corrected chi connectivity index (χ0v) is 27.4. The van der Waals surface area contributed by atoms with Crippen molar-refractivity contribution < 1.29 is 18.7 Å². The van der Waals surface area contributed by atoms with Crippen LogP contribution in [0.2, 0.25) is 0 Å². The van der Waals surface area contributed by atoms with Gasteiger partial charge in [0.05, 0.1) is 12.3 Å². The van der Waals surface area contributed by atoms with Crippen LogP contribution in [-0.4, -0.2) is 32.0 Å². The van der Waals surface area contributed by atoms with Gasteiger partial charge in [-0.2, -0.15) is 0 Å². The van der Waals surface area contributed by atoms with E-state index < -0.39 is 0 Å². The monoisotopic (exact) mass is 596 g/mol. The minimum absolute atomic E-state index is 0.00113. The molecule has 0 spiro atoms. The van der Waals surface area contributed by atoms with Gasteiger partial charge in [0, 0.05) is 29.7 Å². The maximum absolute atomic E-state index is 14.3. The summed E-state index contributed by atoms with van der Waals surface area (Å²) in [7, 11) is 1.71. The van der Waals surface area contributed by atoms with Crippen molar-refractivity contribution in [3.05, 3.63) is 93.6 Å². The molecule has 0 aliphatic heterocycles. The molecule has 5 atom stereocenters. The van der Waals surface area contributed by atoms with Crippen molar-refractivity contribution in [2.75, 3.05) is 13.8 Å². The van der Waals surface area contributed by atoms with Crippen LogP contribution in [0.3, 0.4) is 0 Å². The number of ether oxygens (including phenoxy) is 1. The average Bonchev–Trinajstić information content (AvgIpc) is 3.37. The standard InChI is InChI=1S/C35H37FO2.C5H12O/c1-3-5-30-28(18-19-37)14-16-31-33-17-15-29(22-36)35(33,2)21-32(34(30)31)27-12-10-24(11-13-27)8-9-25-6-4-7-26(20-25)23-38;1-5(2,3)6-4/h4,6-7,10-13,18-20,23,29,31-33H,3,5,14-17,21-22H2,1-2H3;1-4H3/b28-18-;. The van der Waals surface area contributed by atoms with Gasteiger partial charge >= 0.3 is 0 Å². The van der Waals surface area contributed by atoms with Crippen molar-refractivity contribution in [1.82, 2.24) is 0 Å². The zero-order valence-electron chi connectivity index (χ0n) is 27.4. The molecule has 0 heterocycles. The molecule has 2 fully saturated rings. The first-order valence-corrected chi connectivity index (χ1v) is 16.2. The molecule has 2 aromatic carbocycles. The van der Waals surface area contributed by atoms with Gasteiger partial charge in [-0.3, -0.25) is 14.0 Å². The number of alkyl halides is 1. The van der Waals surface area contributed by atoms with E-state index in [0.29, 0.717) is 17.4 Å². The van der Waals surface area contributed by atoms with Crippen molar-refractivity contribution >= 4 is 12.6 Å². The summed E-state index contributed by atoms with van der Waals surface area (Å²) in [5.74, 6) is 7.76. The van der Waals surface area contributed by atoms with E-state index >= 15 is 0 Å². The predicted octanol–water partition coefficient (Wildman–Crippen LogP) is 9.45. The van der Waals surface area contributed by atoms with Crippen LogP contribution in [-0.2, 0) is 9.53 Å². The molecule has 0 amide bonds. The number of methoxy groups -OCH3 is 1. The van der Waals surface area contributed by atoms with Crippen LogP contribution in [0.25, 0.3) is 0 Å². The molecular weight excluding hydrogens is 547 g/mol. The topological polar surface area (TPSA) is 43.4 Å². The van der Waals surface area contributed by atoms with Gasteiger partial charge in [0.2, 0.25) is 0 Å². The first-order valence-electron chi connectivity index (χ1n) is 16.2. The number of carbonyl (C=O) groups is 2. The molecule has 0 aromatic heterocycles. The van der Waals surface area contributed by atoms with Crippen LogP contribution in [0.1, 0.15) is 113 Å². The van der Waals surface area contributed by atoms with Crippen LogP contribution in [0, 0.1) is 35.0 Å². The van der Waals surface area contributed by atoms with Crippen molar-refractivity contribution in [2.24, 2.45) is 23.2 Å². The summed E-state index contributed by atoms with van der Waals surface area (Å²) in [5.41, 5.74) is 7.80. The highest BCUT2D eigenvalue weighted by Crippen LogP contribution is 2.65. The van der Waals surface area contributed by atoms with Crippen LogP contribution < -0.4 is 0 Å². The Morgan fingerprint density at radius 3 is 2.34 bits per heavy atom. The molecule has 0 saturated heterocycles. The van der Waals surface area contributed by atoms with Gasteiger partial charge in [0.15, 0.2) is 0 Å². The Kier molecular flexibility index (Phi) is 11.2. The molecule has 44 heavy (non-hydrogen) atoms. The first-order chi connectivity index (χ1) is 21.1. The smallest absolute Gasteiger partial charge is 0.150 e. The van der Waals surface area contributed by atoms with E-state index in [2.05, 4.69) is 50.0 Å². The number of hydrogen-bond acceptors (Lipinski definition) is 3. The highest BCUT2D eigenvalue weighted by atomic mass is 19.1. The van der Waals surface area contributed by atoms with Gasteiger partial charge in [-0.1, -0.05) is 61.9 Å². The number of carbonyl (C=O) groups excluding carboxylic acids is 2. The summed E-state index contributed by atoms with van der Waals surface area (Å²) < 4.78 is 19.2. The highest BCUT2D eigenvalue weighted by molar-refractivity contribution is 5.75. The summed E-state index contributed by atoms with van der Waals surface area (Å²) >= 11 is 0. The summed E-state index contributed by atoms with van der Waals surface area (Å²) in [6.07, 6.45) is 10.7. The van der Waals surface area contributed by atoms with Crippen LogP contribution in [0.5, 0.6) is 0 Å². The average molecular weight is 597 g/mol. The molecule has 0 N–H and O–H groups in total. The number of halogens is 1. The lowest BCUT2D eigenvalue weighted by Crippen LogP contribution is -2.43. The van der Waals surface area contributed by atoms with E-state index in [0.717, 1.165) is 68.6 Å². The fourth-order valence-electron chi connectivity index (χ4n) is 7.79. The Labute approximate surface area is 264 Å². The molecule has 3 aliphatic carbocycles. The minimum atomic E-state index is -0.233. The molecule has 5 unspecified atom stereocenters. The maximum atomic E-state index is 14.3. The van der Waals surface area contributed by atoms with Crippen molar-refractivity contribution in [2.45, 2.75) is 91.1 Å². The molecule has 3 aliphatic rings. The zero-order chi connectivity index (χ0) is 31.9. The van der Waals surface area contributed by atoms with Crippen LogP contribution >= 0.6 is 0 Å². The number of allylic oxidation sites excluding steroid dienone is 4. The molecule has 2 aromatic rings. The second kappa shape index (κ2) is 14.7. The van der Waals surface area contributed by atoms with Gasteiger partial charge in [-0.05, 0) is 130 Å². The largest absolute Gasteiger partial charge is 0.379 e. The summed E-state index contributed by atoms with van der Waals surface area (Å²) in [4.78, 5) is 22.6. The van der Waals surface area contributed by atoms with Crippen molar-refractivity contribution in [3.8, 4) is 11.8 Å². The lowest BCUT2D eigenvalue weighted by molar-refractivity contribution is -0.104. The van der Waals surface area contributed by atoms with Crippen molar-refractivity contribution in [1.29, 1.82) is 0 Å². The normalized spacial score (nSPS) is 26.9. The quantitative estimate of drug-likeness (QED) is 0.190. The van der Waals surface area contributed by atoms with E-state index in [9.17, 15) is 14.0 Å². The predicted molar refractivity (Wildman–Crippen MR) is 177 cm³/mol. The van der Waals surface area contributed by atoms with E-state index in [1.54, 1.807) is 25.3 Å². The molecular formula is C40H49FO3. The lowest BCUT2D eigenvalue weighted by Gasteiger charge is -2.52. The summed E-state index contributed by atoms with van der Waals surface area (Å²) in [5, 5.41) is 0. The third kappa shape index (κ3) is 7.49. The fourth-order valence-corrected chi connectivity index (χ4v) is 7.79. The molecule has 234 valence electrons. The van der Waals surface area contributed by atoms with Crippen LogP contribution in [0.4, 0.5) is 4.39 Å². The SMILES string of the molecule is CCCC1=C2C(c3ccc(C#Cc4cccc(C=O)c4)cc3)CC3(C)C(CF)CCC3C2CC/C1=C/C=O.COC(C)(C)C. The maximum Gasteiger partial charge on any atom is 0.150 e. The van der Waals surface area contributed by atoms with E-state index in [1.165, 1.54) is 22.3 Å². The number of hydrogen-bond donors (Lipinski definition) is 0. The minimum Gasteiger partial charge on any atom is -0.379 e. The Morgan fingerprint density at radius 2 is 1.73 bits per heavy atom. The Morgan fingerprint density at radius 1 is 1.02 bits per heavy atom. The number of rotatable bonds is 6. The summed E-state index contributed by atoms with van der Waals surface area (Å²) in [6, 6.07) is 15.9. The fraction of sp³-hybridized carbons (Fsp3) is 0.500. The third-order valence-corrected chi connectivity index (χ3v) is 10.2. The second-order valence-electron chi connectivity index (χ2n) is 13.9. The molecule has 0 bridgehead atoms. The Balaban J connectivity index is 0.000000670. The van der Waals surface area contributed by atoms with E-state index in [-0.39, 0.29) is 29.5 Å². The third-order valence-electron chi connectivity index (χ3n) is 10.2. The van der Waals surface area contributed by atoms with E-state index in [1.807, 2.05) is 32.9 Å². The molecule has 0 radical (unpaired) electrons. The number of fused-ring (bicyclic) bond motifs is 3.